The monoisotopic (exact) mass is 157 g/mol. The zero-order chi connectivity index (χ0) is 7.40. The van der Waals surface area contributed by atoms with Crippen molar-refractivity contribution in [1.82, 2.24) is 4.90 Å². The maximum absolute atomic E-state index is 5.05. The van der Waals surface area contributed by atoms with E-state index in [1.165, 1.54) is 0 Å². The van der Waals surface area contributed by atoms with Gasteiger partial charge in [-0.05, 0) is 7.05 Å². The van der Waals surface area contributed by atoms with E-state index in [-0.39, 0.29) is 7.43 Å². The molecule has 1 aliphatic rings. The molecule has 0 aromatic heterocycles. The van der Waals surface area contributed by atoms with Gasteiger partial charge in [-0.3, -0.25) is 0 Å². The van der Waals surface area contributed by atoms with Gasteiger partial charge in [0.1, 0.15) is 0 Å². The predicted octanol–water partition coefficient (Wildman–Crippen LogP) is 1.39. The first-order valence-electron chi connectivity index (χ1n) is 3.67. The Labute approximate surface area is 69.8 Å². The molecule has 0 radical (unpaired) electrons. The molecule has 1 atom stereocenters. The standard InChI is InChI=1S/C8H15NO.CH4/c1-9-5-3-4-8(6-9)7-10-2;/h3-4,8H,5-7H2,1-2H3;1H4. The van der Waals surface area contributed by atoms with Crippen LogP contribution in [-0.2, 0) is 4.74 Å². The van der Waals surface area contributed by atoms with Crippen LogP contribution in [0.1, 0.15) is 7.43 Å². The first kappa shape index (κ1) is 10.7. The fourth-order valence-electron chi connectivity index (χ4n) is 1.29. The van der Waals surface area contributed by atoms with Crippen LogP contribution in [0.3, 0.4) is 0 Å². The zero-order valence-corrected chi connectivity index (χ0v) is 6.71. The van der Waals surface area contributed by atoms with E-state index in [9.17, 15) is 0 Å². The Morgan fingerprint density at radius 2 is 2.36 bits per heavy atom. The molecule has 0 amide bonds. The van der Waals surface area contributed by atoms with Crippen LogP contribution in [0.4, 0.5) is 0 Å². The fraction of sp³-hybridized carbons (Fsp3) is 0.778. The van der Waals surface area contributed by atoms with E-state index in [2.05, 4.69) is 24.1 Å². The summed E-state index contributed by atoms with van der Waals surface area (Å²) in [6, 6.07) is 0. The van der Waals surface area contributed by atoms with E-state index in [1.807, 2.05) is 0 Å². The van der Waals surface area contributed by atoms with Crippen molar-refractivity contribution >= 4 is 0 Å². The minimum atomic E-state index is 0. The van der Waals surface area contributed by atoms with Crippen LogP contribution in [0.25, 0.3) is 0 Å². The highest BCUT2D eigenvalue weighted by Gasteiger charge is 2.10. The molecule has 1 rings (SSSR count). The fourth-order valence-corrected chi connectivity index (χ4v) is 1.29. The lowest BCUT2D eigenvalue weighted by Gasteiger charge is -2.24. The summed E-state index contributed by atoms with van der Waals surface area (Å²) in [4.78, 5) is 2.30. The van der Waals surface area contributed by atoms with Gasteiger partial charge in [0.15, 0.2) is 0 Å². The minimum Gasteiger partial charge on any atom is -0.384 e. The highest BCUT2D eigenvalue weighted by Crippen LogP contribution is 2.06. The normalized spacial score (nSPS) is 24.7. The highest BCUT2D eigenvalue weighted by atomic mass is 16.5. The SMILES string of the molecule is C.COCC1C=CCN(C)C1. The van der Waals surface area contributed by atoms with E-state index in [0.29, 0.717) is 5.92 Å². The average Bonchev–Trinajstić information content (AvgIpc) is 1.88. The first-order valence-corrected chi connectivity index (χ1v) is 3.67. The maximum atomic E-state index is 5.05. The van der Waals surface area contributed by atoms with Gasteiger partial charge >= 0.3 is 0 Å². The van der Waals surface area contributed by atoms with Gasteiger partial charge in [0.05, 0.1) is 6.61 Å². The van der Waals surface area contributed by atoms with Crippen molar-refractivity contribution in [2.45, 2.75) is 7.43 Å². The number of methoxy groups -OCH3 is 1. The summed E-state index contributed by atoms with van der Waals surface area (Å²) in [5, 5.41) is 0. The molecule has 0 saturated heterocycles. The van der Waals surface area contributed by atoms with Crippen LogP contribution >= 0.6 is 0 Å². The van der Waals surface area contributed by atoms with Crippen LogP contribution in [0.5, 0.6) is 0 Å². The summed E-state index contributed by atoms with van der Waals surface area (Å²) in [5.41, 5.74) is 0. The van der Waals surface area contributed by atoms with Crippen LogP contribution in [-0.4, -0.2) is 38.8 Å². The highest BCUT2D eigenvalue weighted by molar-refractivity contribution is 4.95. The van der Waals surface area contributed by atoms with E-state index in [0.717, 1.165) is 19.7 Å². The Bertz CT molecular complexity index is 123. The Morgan fingerprint density at radius 3 is 2.91 bits per heavy atom. The molecule has 2 heteroatoms. The van der Waals surface area contributed by atoms with Gasteiger partial charge < -0.3 is 9.64 Å². The van der Waals surface area contributed by atoms with Crippen LogP contribution in [0, 0.1) is 5.92 Å². The summed E-state index contributed by atoms with van der Waals surface area (Å²) in [7, 11) is 3.88. The number of hydrogen-bond acceptors (Lipinski definition) is 2. The lowest BCUT2D eigenvalue weighted by molar-refractivity contribution is 0.147. The van der Waals surface area contributed by atoms with Gasteiger partial charge in [-0.25, -0.2) is 0 Å². The van der Waals surface area contributed by atoms with Crippen molar-refractivity contribution in [3.63, 3.8) is 0 Å². The van der Waals surface area contributed by atoms with Gasteiger partial charge in [-0.15, -0.1) is 0 Å². The molecule has 11 heavy (non-hydrogen) atoms. The molecule has 66 valence electrons. The van der Waals surface area contributed by atoms with E-state index >= 15 is 0 Å². The van der Waals surface area contributed by atoms with Crippen molar-refractivity contribution in [1.29, 1.82) is 0 Å². The smallest absolute Gasteiger partial charge is 0.0537 e. The van der Waals surface area contributed by atoms with E-state index < -0.39 is 0 Å². The molecular weight excluding hydrogens is 138 g/mol. The Morgan fingerprint density at radius 1 is 1.64 bits per heavy atom. The lowest BCUT2D eigenvalue weighted by Crippen LogP contribution is -2.30. The third-order valence-corrected chi connectivity index (χ3v) is 1.75. The molecule has 1 aliphatic heterocycles. The average molecular weight is 157 g/mol. The van der Waals surface area contributed by atoms with Crippen LogP contribution in [0.15, 0.2) is 12.2 Å². The van der Waals surface area contributed by atoms with Gasteiger partial charge in [-0.2, -0.15) is 0 Å². The quantitative estimate of drug-likeness (QED) is 0.562. The van der Waals surface area contributed by atoms with Gasteiger partial charge in [0, 0.05) is 26.1 Å². The van der Waals surface area contributed by atoms with Crippen molar-refractivity contribution in [2.75, 3.05) is 33.9 Å². The molecule has 1 unspecified atom stereocenters. The van der Waals surface area contributed by atoms with Crippen molar-refractivity contribution in [3.8, 4) is 0 Å². The summed E-state index contributed by atoms with van der Waals surface area (Å²) < 4.78 is 5.05. The number of nitrogens with zero attached hydrogens (tertiary/aromatic N) is 1. The number of likely N-dealkylation sites (N-methyl/N-ethyl adjacent to an activating group) is 1. The Balaban J connectivity index is 0.000001000. The predicted molar refractivity (Wildman–Crippen MR) is 48.7 cm³/mol. The summed E-state index contributed by atoms with van der Waals surface area (Å²) >= 11 is 0. The summed E-state index contributed by atoms with van der Waals surface area (Å²) in [6.07, 6.45) is 4.44. The molecule has 0 N–H and O–H groups in total. The van der Waals surface area contributed by atoms with Crippen molar-refractivity contribution in [3.05, 3.63) is 12.2 Å². The third-order valence-electron chi connectivity index (χ3n) is 1.75. The van der Waals surface area contributed by atoms with Crippen LogP contribution < -0.4 is 0 Å². The lowest BCUT2D eigenvalue weighted by atomic mass is 10.1. The molecule has 0 bridgehead atoms. The first-order chi connectivity index (χ1) is 4.83. The number of hydrogen-bond donors (Lipinski definition) is 0. The molecule has 0 aliphatic carbocycles. The van der Waals surface area contributed by atoms with Crippen molar-refractivity contribution < 1.29 is 4.74 Å². The van der Waals surface area contributed by atoms with Crippen molar-refractivity contribution in [2.24, 2.45) is 5.92 Å². The van der Waals surface area contributed by atoms with Gasteiger partial charge in [0.25, 0.3) is 0 Å². The topological polar surface area (TPSA) is 12.5 Å². The molecule has 0 saturated carbocycles. The van der Waals surface area contributed by atoms with E-state index in [4.69, 9.17) is 4.74 Å². The summed E-state index contributed by atoms with van der Waals surface area (Å²) in [5.74, 6) is 0.601. The molecule has 0 fully saturated rings. The van der Waals surface area contributed by atoms with E-state index in [1.54, 1.807) is 7.11 Å². The minimum absolute atomic E-state index is 0. The van der Waals surface area contributed by atoms with Gasteiger partial charge in [-0.1, -0.05) is 19.6 Å². The number of rotatable bonds is 2. The van der Waals surface area contributed by atoms with Gasteiger partial charge in [0.2, 0.25) is 0 Å². The third kappa shape index (κ3) is 3.54. The molecule has 1 heterocycles. The molecular formula is C9H19NO. The second-order valence-electron chi connectivity index (χ2n) is 2.86. The Hall–Kier alpha value is -0.340. The molecule has 2 nitrogen and oxygen atoms in total. The molecule has 0 spiro atoms. The number of ether oxygens (including phenoxy) is 1. The zero-order valence-electron chi connectivity index (χ0n) is 6.71. The molecule has 0 aromatic carbocycles. The maximum Gasteiger partial charge on any atom is 0.0537 e. The van der Waals surface area contributed by atoms with Crippen LogP contribution in [0.2, 0.25) is 0 Å². The Kier molecular flexibility index (Phi) is 5.16. The largest absolute Gasteiger partial charge is 0.384 e. The molecule has 0 aromatic rings. The second kappa shape index (κ2) is 5.33. The summed E-state index contributed by atoms with van der Waals surface area (Å²) in [6.45, 7) is 3.06. The second-order valence-corrected chi connectivity index (χ2v) is 2.86.